The summed E-state index contributed by atoms with van der Waals surface area (Å²) < 4.78 is 88.9. The number of carbonyl (C=O) groups is 1. The van der Waals surface area contributed by atoms with E-state index in [9.17, 15) is 31.0 Å². The van der Waals surface area contributed by atoms with Crippen molar-refractivity contribution in [2.75, 3.05) is 6.61 Å². The normalized spacial score (nSPS) is 16.2. The van der Waals surface area contributed by atoms with E-state index in [0.717, 1.165) is 12.1 Å². The number of hydrogen-bond acceptors (Lipinski definition) is 3. The first-order valence-electron chi connectivity index (χ1n) is 7.60. The lowest BCUT2D eigenvalue weighted by atomic mass is 9.84. The van der Waals surface area contributed by atoms with Crippen molar-refractivity contribution in [2.45, 2.75) is 50.3 Å². The Balaban J connectivity index is 3.75. The van der Waals surface area contributed by atoms with Crippen molar-refractivity contribution in [1.82, 2.24) is 4.72 Å². The molecule has 0 aliphatic heterocycles. The molecule has 1 aromatic carbocycles. The molecule has 1 unspecified atom stereocenters. The van der Waals surface area contributed by atoms with Gasteiger partial charge in [-0.25, -0.2) is 26.9 Å². The van der Waals surface area contributed by atoms with Gasteiger partial charge in [0.15, 0.2) is 5.54 Å². The number of benzene rings is 1. The number of hydrogen-bond donors (Lipinski definition) is 1. The zero-order chi connectivity index (χ0) is 20.3. The highest BCUT2D eigenvalue weighted by Gasteiger charge is 2.68. The summed E-state index contributed by atoms with van der Waals surface area (Å²) in [6.45, 7) is 4.73. The summed E-state index contributed by atoms with van der Waals surface area (Å²) in [5, 5.41) is 0. The molecule has 0 spiro atoms. The first-order chi connectivity index (χ1) is 11.8. The molecule has 1 rings (SSSR count). The highest BCUT2D eigenvalue weighted by atomic mass is 32.2. The molecule has 10 heteroatoms. The Hall–Kier alpha value is -1.55. The van der Waals surface area contributed by atoms with Gasteiger partial charge in [0.1, 0.15) is 5.82 Å². The van der Waals surface area contributed by atoms with Gasteiger partial charge < -0.3 is 4.74 Å². The zero-order valence-corrected chi connectivity index (χ0v) is 15.4. The molecular formula is C16H20F5NO3S. The fraction of sp³-hybridized carbons (Fsp3) is 0.562. The maximum atomic E-state index is 14.9. The highest BCUT2D eigenvalue weighted by molar-refractivity contribution is 7.84. The van der Waals surface area contributed by atoms with Gasteiger partial charge in [-0.15, -0.1) is 0 Å². The quantitative estimate of drug-likeness (QED) is 0.562. The Labute approximate surface area is 150 Å². The van der Waals surface area contributed by atoms with Gasteiger partial charge in [0.05, 0.1) is 22.3 Å². The second-order valence-corrected chi connectivity index (χ2v) is 8.33. The molecule has 0 aliphatic rings. The molecule has 4 nitrogen and oxygen atoms in total. The van der Waals surface area contributed by atoms with Crippen LogP contribution in [0.5, 0.6) is 0 Å². The molecule has 2 atom stereocenters. The van der Waals surface area contributed by atoms with Crippen LogP contribution in [0.4, 0.5) is 22.0 Å². The van der Waals surface area contributed by atoms with Crippen LogP contribution in [0.15, 0.2) is 24.3 Å². The van der Waals surface area contributed by atoms with E-state index in [1.807, 2.05) is 0 Å². The van der Waals surface area contributed by atoms with Crippen LogP contribution in [0, 0.1) is 5.82 Å². The van der Waals surface area contributed by atoms with E-state index in [2.05, 4.69) is 4.74 Å². The number of esters is 1. The van der Waals surface area contributed by atoms with Gasteiger partial charge in [0.25, 0.3) is 6.43 Å². The van der Waals surface area contributed by atoms with Gasteiger partial charge in [-0.3, -0.25) is 0 Å². The van der Waals surface area contributed by atoms with Crippen LogP contribution in [-0.2, 0) is 26.1 Å². The molecule has 0 saturated heterocycles. The number of alkyl halides is 4. The van der Waals surface area contributed by atoms with Gasteiger partial charge in [-0.1, -0.05) is 18.2 Å². The molecule has 0 amide bonds. The van der Waals surface area contributed by atoms with E-state index < -0.39 is 57.6 Å². The van der Waals surface area contributed by atoms with E-state index >= 15 is 0 Å². The molecular weight excluding hydrogens is 381 g/mol. The summed E-state index contributed by atoms with van der Waals surface area (Å²) in [6.07, 6.45) is -4.00. The Kier molecular flexibility index (Phi) is 6.92. The molecule has 1 aromatic rings. The van der Waals surface area contributed by atoms with E-state index in [-0.39, 0.29) is 0 Å². The van der Waals surface area contributed by atoms with Crippen molar-refractivity contribution in [2.24, 2.45) is 0 Å². The van der Waals surface area contributed by atoms with Gasteiger partial charge >= 0.3 is 11.9 Å². The summed E-state index contributed by atoms with van der Waals surface area (Å²) in [5.41, 5.74) is -5.08. The van der Waals surface area contributed by atoms with Crippen molar-refractivity contribution in [3.8, 4) is 0 Å². The smallest absolute Gasteiger partial charge is 0.379 e. The molecule has 0 bridgehead atoms. The van der Waals surface area contributed by atoms with Crippen molar-refractivity contribution in [3.63, 3.8) is 0 Å². The first kappa shape index (κ1) is 22.5. The van der Waals surface area contributed by atoms with Crippen LogP contribution in [0.1, 0.15) is 33.3 Å². The van der Waals surface area contributed by atoms with Crippen LogP contribution in [-0.4, -0.2) is 33.9 Å². The molecule has 0 fully saturated rings. The SMILES string of the molecule is CCOC(=O)C(F)(F)[C@](NS(=O)C(C)(C)C)(c1ccccc1F)C(F)F. The molecule has 148 valence electrons. The molecule has 0 radical (unpaired) electrons. The minimum Gasteiger partial charge on any atom is -0.461 e. The molecule has 26 heavy (non-hydrogen) atoms. The summed E-state index contributed by atoms with van der Waals surface area (Å²) in [6, 6.07) is 3.54. The largest absolute Gasteiger partial charge is 0.461 e. The topological polar surface area (TPSA) is 55.4 Å². The summed E-state index contributed by atoms with van der Waals surface area (Å²) in [4.78, 5) is 11.8. The minimum atomic E-state index is -4.92. The Bertz CT molecular complexity index is 678. The van der Waals surface area contributed by atoms with E-state index in [1.165, 1.54) is 27.7 Å². The van der Waals surface area contributed by atoms with Crippen LogP contribution < -0.4 is 4.72 Å². The van der Waals surface area contributed by atoms with E-state index in [0.29, 0.717) is 12.1 Å². The monoisotopic (exact) mass is 401 g/mol. The minimum absolute atomic E-state index is 0.507. The number of rotatable bonds is 7. The fourth-order valence-electron chi connectivity index (χ4n) is 2.05. The Morgan fingerprint density at radius 3 is 2.19 bits per heavy atom. The lowest BCUT2D eigenvalue weighted by molar-refractivity contribution is -0.199. The van der Waals surface area contributed by atoms with Gasteiger partial charge in [-0.05, 0) is 33.8 Å². The van der Waals surface area contributed by atoms with Gasteiger partial charge in [0.2, 0.25) is 0 Å². The van der Waals surface area contributed by atoms with Crippen molar-refractivity contribution in [3.05, 3.63) is 35.6 Å². The van der Waals surface area contributed by atoms with Crippen molar-refractivity contribution >= 4 is 17.0 Å². The van der Waals surface area contributed by atoms with Crippen LogP contribution in [0.3, 0.4) is 0 Å². The third-order valence-electron chi connectivity index (χ3n) is 3.46. The maximum Gasteiger partial charge on any atom is 0.379 e. The number of ether oxygens (including phenoxy) is 1. The lowest BCUT2D eigenvalue weighted by Gasteiger charge is -2.40. The molecule has 0 saturated carbocycles. The van der Waals surface area contributed by atoms with Crippen molar-refractivity contribution in [1.29, 1.82) is 0 Å². The third kappa shape index (κ3) is 4.06. The predicted molar refractivity (Wildman–Crippen MR) is 86.7 cm³/mol. The van der Waals surface area contributed by atoms with E-state index in [1.54, 1.807) is 4.72 Å². The van der Waals surface area contributed by atoms with Gasteiger partial charge in [0, 0.05) is 5.56 Å². The average Bonchev–Trinajstić information content (AvgIpc) is 2.51. The number of carbonyl (C=O) groups excluding carboxylic acids is 1. The molecule has 1 N–H and O–H groups in total. The highest BCUT2D eigenvalue weighted by Crippen LogP contribution is 2.45. The summed E-state index contributed by atoms with van der Waals surface area (Å²) in [7, 11) is -2.49. The Morgan fingerprint density at radius 1 is 1.23 bits per heavy atom. The van der Waals surface area contributed by atoms with Crippen molar-refractivity contribution < 1.29 is 35.7 Å². The zero-order valence-electron chi connectivity index (χ0n) is 14.6. The third-order valence-corrected chi connectivity index (χ3v) is 5.08. The summed E-state index contributed by atoms with van der Waals surface area (Å²) in [5.74, 6) is -8.60. The Morgan fingerprint density at radius 2 is 1.77 bits per heavy atom. The first-order valence-corrected chi connectivity index (χ1v) is 8.75. The molecule has 0 heterocycles. The lowest BCUT2D eigenvalue weighted by Crippen LogP contribution is -2.66. The number of nitrogens with one attached hydrogen (secondary N) is 1. The van der Waals surface area contributed by atoms with Crippen LogP contribution >= 0.6 is 0 Å². The van der Waals surface area contributed by atoms with Crippen LogP contribution in [0.25, 0.3) is 0 Å². The fourth-order valence-corrected chi connectivity index (χ4v) is 2.98. The average molecular weight is 401 g/mol. The van der Waals surface area contributed by atoms with Gasteiger partial charge in [-0.2, -0.15) is 8.78 Å². The second kappa shape index (κ2) is 7.99. The molecule has 0 aromatic heterocycles. The van der Waals surface area contributed by atoms with Crippen LogP contribution in [0.2, 0.25) is 0 Å². The summed E-state index contributed by atoms with van der Waals surface area (Å²) >= 11 is 0. The molecule has 0 aliphatic carbocycles. The number of halogens is 5. The predicted octanol–water partition coefficient (Wildman–Crippen LogP) is 3.54. The maximum absolute atomic E-state index is 14.9. The van der Waals surface area contributed by atoms with E-state index in [4.69, 9.17) is 0 Å². The second-order valence-electron chi connectivity index (χ2n) is 6.37. The standard InChI is InChI=1S/C16H20F5NO3S/c1-5-25-13(23)16(20,21)15(12(18)19,22-26(24)14(2,3)4)10-8-6-7-9-11(10)17/h6-9,12,22H,5H2,1-4H3/t15-,26?/m0/s1.